The second-order valence-corrected chi connectivity index (χ2v) is 10.6. The van der Waals surface area contributed by atoms with Gasteiger partial charge in [-0.2, -0.15) is 5.10 Å². The second-order valence-electron chi connectivity index (χ2n) is 10.6. The summed E-state index contributed by atoms with van der Waals surface area (Å²) in [5, 5.41) is 5.77. The zero-order valence-corrected chi connectivity index (χ0v) is 22.1. The quantitative estimate of drug-likeness (QED) is 0.341. The third kappa shape index (κ3) is 4.79. The van der Waals surface area contributed by atoms with Crippen molar-refractivity contribution in [2.45, 2.75) is 57.9 Å². The molecule has 0 atom stereocenters. The van der Waals surface area contributed by atoms with Crippen LogP contribution < -0.4 is 4.90 Å². The van der Waals surface area contributed by atoms with Gasteiger partial charge in [0.2, 0.25) is 0 Å². The van der Waals surface area contributed by atoms with E-state index in [2.05, 4.69) is 46.7 Å². The average molecular weight is 520 g/mol. The van der Waals surface area contributed by atoms with Crippen molar-refractivity contribution in [1.29, 1.82) is 0 Å². The van der Waals surface area contributed by atoms with Crippen LogP contribution in [0.3, 0.4) is 0 Å². The summed E-state index contributed by atoms with van der Waals surface area (Å²) in [6.07, 6.45) is 12.6. The summed E-state index contributed by atoms with van der Waals surface area (Å²) in [5.41, 5.74) is 6.03. The van der Waals surface area contributed by atoms with Gasteiger partial charge in [0.1, 0.15) is 11.5 Å². The summed E-state index contributed by atoms with van der Waals surface area (Å²) in [6, 6.07) is 4.72. The second kappa shape index (κ2) is 10.1. The van der Waals surface area contributed by atoms with Crippen LogP contribution >= 0.6 is 0 Å². The lowest BCUT2D eigenvalue weighted by atomic mass is 10.0. The molecule has 38 heavy (non-hydrogen) atoms. The number of likely N-dealkylation sites (tertiary alicyclic amines) is 1. The number of aromatic amines is 1. The Balaban J connectivity index is 1.26. The molecule has 2 saturated heterocycles. The summed E-state index contributed by atoms with van der Waals surface area (Å²) in [6.45, 7) is 8.31. The van der Waals surface area contributed by atoms with Gasteiger partial charge in [0.25, 0.3) is 5.92 Å². The Morgan fingerprint density at radius 1 is 0.947 bits per heavy atom. The van der Waals surface area contributed by atoms with Gasteiger partial charge in [0.15, 0.2) is 0 Å². The normalized spacial score (nSPS) is 18.9. The molecule has 2 aliphatic rings. The lowest BCUT2D eigenvalue weighted by Gasteiger charge is -2.33. The minimum atomic E-state index is -2.57. The molecular weight excluding hydrogens is 484 g/mol. The first-order valence-electron chi connectivity index (χ1n) is 13.8. The van der Waals surface area contributed by atoms with Crippen molar-refractivity contribution in [1.82, 2.24) is 29.6 Å². The number of pyridine rings is 2. The predicted molar refractivity (Wildman–Crippen MR) is 147 cm³/mol. The van der Waals surface area contributed by atoms with E-state index in [-0.39, 0.29) is 12.8 Å². The van der Waals surface area contributed by atoms with Gasteiger partial charge in [-0.3, -0.25) is 4.68 Å². The van der Waals surface area contributed by atoms with E-state index < -0.39 is 5.92 Å². The molecule has 6 heterocycles. The topological polar surface area (TPSA) is 65.9 Å². The van der Waals surface area contributed by atoms with Crippen molar-refractivity contribution in [2.75, 3.05) is 37.6 Å². The van der Waals surface area contributed by atoms with E-state index in [0.717, 1.165) is 83.6 Å². The molecule has 6 rings (SSSR count). The number of anilines is 1. The summed E-state index contributed by atoms with van der Waals surface area (Å²) in [7, 11) is 0. The maximum atomic E-state index is 13.7. The standard InChI is InChI=1S/C29H35F2N7/c1-3-20-13-21(16-34-28(20)37-11-7-29(30,31)8-12-37)22-14-25-26(18-33-27(25)32-15-22)23-17-35-38(19-23)24-5-9-36(4-2)10-6-24/h13-19,24H,3-12H2,1-2H3,(H,32,33). The fourth-order valence-electron chi connectivity index (χ4n) is 5.83. The Labute approximate surface area is 221 Å². The summed E-state index contributed by atoms with van der Waals surface area (Å²) in [5.74, 6) is -1.75. The van der Waals surface area contributed by atoms with Crippen LogP contribution in [0.2, 0.25) is 0 Å². The van der Waals surface area contributed by atoms with Gasteiger partial charge in [-0.1, -0.05) is 13.8 Å². The first-order chi connectivity index (χ1) is 18.4. The Morgan fingerprint density at radius 3 is 2.42 bits per heavy atom. The van der Waals surface area contributed by atoms with Crippen LogP contribution in [0.1, 0.15) is 51.1 Å². The molecule has 0 unspecified atom stereocenters. The maximum Gasteiger partial charge on any atom is 0.251 e. The number of nitrogens with one attached hydrogen (secondary N) is 1. The van der Waals surface area contributed by atoms with Gasteiger partial charge >= 0.3 is 0 Å². The van der Waals surface area contributed by atoms with Gasteiger partial charge in [0.05, 0.1) is 12.2 Å². The smallest absolute Gasteiger partial charge is 0.251 e. The largest absolute Gasteiger partial charge is 0.356 e. The van der Waals surface area contributed by atoms with Crippen LogP contribution in [0, 0.1) is 0 Å². The van der Waals surface area contributed by atoms with Crippen LogP contribution in [-0.4, -0.2) is 68.3 Å². The van der Waals surface area contributed by atoms with Crippen molar-refractivity contribution in [3.63, 3.8) is 0 Å². The van der Waals surface area contributed by atoms with Crippen LogP contribution in [0.15, 0.2) is 43.1 Å². The highest BCUT2D eigenvalue weighted by atomic mass is 19.3. The molecule has 200 valence electrons. The molecule has 4 aromatic rings. The molecule has 0 aliphatic carbocycles. The van der Waals surface area contributed by atoms with Crippen LogP contribution in [0.4, 0.5) is 14.6 Å². The highest BCUT2D eigenvalue weighted by molar-refractivity contribution is 5.95. The lowest BCUT2D eigenvalue weighted by Crippen LogP contribution is -2.40. The Hall–Kier alpha value is -3.33. The molecule has 0 radical (unpaired) electrons. The van der Waals surface area contributed by atoms with Crippen LogP contribution in [0.5, 0.6) is 0 Å². The molecule has 9 heteroatoms. The van der Waals surface area contributed by atoms with Crippen molar-refractivity contribution >= 4 is 16.9 Å². The van der Waals surface area contributed by atoms with E-state index in [1.54, 1.807) is 0 Å². The van der Waals surface area contributed by atoms with E-state index in [1.807, 2.05) is 29.7 Å². The molecule has 2 fully saturated rings. The predicted octanol–water partition coefficient (Wildman–Crippen LogP) is 5.94. The first kappa shape index (κ1) is 25.0. The summed E-state index contributed by atoms with van der Waals surface area (Å²) >= 11 is 0. The number of aryl methyl sites for hydroxylation is 1. The lowest BCUT2D eigenvalue weighted by molar-refractivity contribution is -0.0221. The highest BCUT2D eigenvalue weighted by Crippen LogP contribution is 2.35. The molecule has 0 saturated carbocycles. The van der Waals surface area contributed by atoms with Gasteiger partial charge < -0.3 is 14.8 Å². The number of fused-ring (bicyclic) bond motifs is 1. The van der Waals surface area contributed by atoms with Gasteiger partial charge in [-0.05, 0) is 43.5 Å². The zero-order valence-electron chi connectivity index (χ0n) is 22.1. The fraction of sp³-hybridized carbons (Fsp3) is 0.483. The molecular formula is C29H35F2N7. The molecule has 0 bridgehead atoms. The van der Waals surface area contributed by atoms with Crippen molar-refractivity contribution in [3.05, 3.63) is 48.7 Å². The summed E-state index contributed by atoms with van der Waals surface area (Å²) < 4.78 is 29.5. The number of piperidine rings is 2. The first-order valence-corrected chi connectivity index (χ1v) is 13.8. The van der Waals surface area contributed by atoms with Crippen molar-refractivity contribution in [2.24, 2.45) is 0 Å². The minimum absolute atomic E-state index is 0.120. The maximum absolute atomic E-state index is 13.7. The monoisotopic (exact) mass is 519 g/mol. The van der Waals surface area contributed by atoms with Crippen LogP contribution in [0.25, 0.3) is 33.3 Å². The Kier molecular flexibility index (Phi) is 6.63. The van der Waals surface area contributed by atoms with Gasteiger partial charge in [0, 0.05) is 91.4 Å². The zero-order chi connectivity index (χ0) is 26.3. The number of aromatic nitrogens is 5. The van der Waals surface area contributed by atoms with Crippen molar-refractivity contribution < 1.29 is 8.78 Å². The van der Waals surface area contributed by atoms with Gasteiger partial charge in [-0.25, -0.2) is 18.7 Å². The molecule has 0 aromatic carbocycles. The fourth-order valence-corrected chi connectivity index (χ4v) is 5.83. The number of hydrogen-bond donors (Lipinski definition) is 1. The van der Waals surface area contributed by atoms with E-state index in [1.165, 1.54) is 0 Å². The third-order valence-electron chi connectivity index (χ3n) is 8.27. The van der Waals surface area contributed by atoms with E-state index >= 15 is 0 Å². The number of hydrogen-bond acceptors (Lipinski definition) is 5. The Morgan fingerprint density at radius 2 is 1.68 bits per heavy atom. The van der Waals surface area contributed by atoms with Crippen LogP contribution in [-0.2, 0) is 6.42 Å². The highest BCUT2D eigenvalue weighted by Gasteiger charge is 2.35. The summed E-state index contributed by atoms with van der Waals surface area (Å²) in [4.78, 5) is 17.2. The van der Waals surface area contributed by atoms with E-state index in [0.29, 0.717) is 19.1 Å². The molecule has 7 nitrogen and oxygen atoms in total. The van der Waals surface area contributed by atoms with E-state index in [9.17, 15) is 8.78 Å². The number of nitrogens with zero attached hydrogens (tertiary/aromatic N) is 6. The average Bonchev–Trinajstić information content (AvgIpc) is 3.60. The number of alkyl halides is 2. The number of H-pyrrole nitrogens is 1. The Bertz CT molecular complexity index is 1410. The molecule has 0 spiro atoms. The minimum Gasteiger partial charge on any atom is -0.356 e. The molecule has 0 amide bonds. The number of rotatable bonds is 6. The number of halogens is 2. The van der Waals surface area contributed by atoms with E-state index in [4.69, 9.17) is 15.1 Å². The SMILES string of the molecule is CCc1cc(-c2cnc3[nH]cc(-c4cnn(C5CCN(CC)CC5)c4)c3c2)cnc1N1CCC(F)(F)CC1. The molecule has 1 N–H and O–H groups in total. The van der Waals surface area contributed by atoms with Gasteiger partial charge in [-0.15, -0.1) is 0 Å². The molecule has 4 aromatic heterocycles. The molecule has 2 aliphatic heterocycles. The van der Waals surface area contributed by atoms with Crippen molar-refractivity contribution in [3.8, 4) is 22.3 Å². The third-order valence-corrected chi connectivity index (χ3v) is 8.27.